The van der Waals surface area contributed by atoms with Crippen LogP contribution >= 0.6 is 0 Å². The van der Waals surface area contributed by atoms with E-state index in [-0.39, 0.29) is 11.5 Å². The van der Waals surface area contributed by atoms with E-state index >= 15 is 0 Å². The summed E-state index contributed by atoms with van der Waals surface area (Å²) < 4.78 is 22.8. The van der Waals surface area contributed by atoms with Gasteiger partial charge in [0, 0.05) is 26.0 Å². The highest BCUT2D eigenvalue weighted by Crippen LogP contribution is 2.26. The van der Waals surface area contributed by atoms with E-state index in [4.69, 9.17) is 10.8 Å². The molecule has 0 atom stereocenters. The third-order valence-corrected chi connectivity index (χ3v) is 3.85. The second kappa shape index (κ2) is 6.06. The number of nitrogens with two attached hydrogens (primary N) is 1. The van der Waals surface area contributed by atoms with Crippen molar-refractivity contribution >= 4 is 21.2 Å². The molecule has 0 bridgehead atoms. The molecule has 0 aliphatic heterocycles. The third kappa shape index (κ3) is 3.61. The number of nitrogen functional groups attached to an aromatic ring is 1. The van der Waals surface area contributed by atoms with Crippen LogP contribution in [0, 0.1) is 0 Å². The maximum atomic E-state index is 11.4. The molecule has 0 saturated heterocycles. The standard InChI is InChI=1S/C12H20N2O3S/c1-3-14(7-4-8-15)12-6-5-10(9-11(12)13)18(2,16)17/h5-6,9,15H,3-4,7-8,13H2,1-2H3. The molecule has 0 aliphatic rings. The molecule has 0 amide bonds. The van der Waals surface area contributed by atoms with Gasteiger partial charge in [0.05, 0.1) is 16.3 Å². The summed E-state index contributed by atoms with van der Waals surface area (Å²) in [5.41, 5.74) is 7.14. The molecule has 1 aromatic carbocycles. The predicted molar refractivity (Wildman–Crippen MR) is 73.6 cm³/mol. The molecule has 18 heavy (non-hydrogen) atoms. The van der Waals surface area contributed by atoms with Gasteiger partial charge in [-0.05, 0) is 31.5 Å². The fourth-order valence-corrected chi connectivity index (χ4v) is 2.42. The van der Waals surface area contributed by atoms with Crippen molar-refractivity contribution in [2.45, 2.75) is 18.2 Å². The lowest BCUT2D eigenvalue weighted by Gasteiger charge is -2.24. The zero-order valence-electron chi connectivity index (χ0n) is 10.8. The van der Waals surface area contributed by atoms with Crippen LogP contribution in [0.15, 0.2) is 23.1 Å². The van der Waals surface area contributed by atoms with Gasteiger partial charge >= 0.3 is 0 Å². The van der Waals surface area contributed by atoms with Crippen LogP contribution in [-0.2, 0) is 9.84 Å². The molecular weight excluding hydrogens is 252 g/mol. The van der Waals surface area contributed by atoms with Crippen molar-refractivity contribution in [3.8, 4) is 0 Å². The Hall–Kier alpha value is -1.27. The SMILES string of the molecule is CCN(CCCO)c1ccc(S(C)(=O)=O)cc1N. The number of anilines is 2. The van der Waals surface area contributed by atoms with Crippen LogP contribution in [0.25, 0.3) is 0 Å². The molecule has 1 rings (SSSR count). The first-order chi connectivity index (χ1) is 8.40. The summed E-state index contributed by atoms with van der Waals surface area (Å²) in [5.74, 6) is 0. The highest BCUT2D eigenvalue weighted by molar-refractivity contribution is 7.90. The van der Waals surface area contributed by atoms with Crippen molar-refractivity contribution < 1.29 is 13.5 Å². The topological polar surface area (TPSA) is 83.6 Å². The van der Waals surface area contributed by atoms with Crippen molar-refractivity contribution in [3.05, 3.63) is 18.2 Å². The van der Waals surface area contributed by atoms with Gasteiger partial charge in [0.1, 0.15) is 0 Å². The zero-order valence-corrected chi connectivity index (χ0v) is 11.6. The largest absolute Gasteiger partial charge is 0.397 e. The summed E-state index contributed by atoms with van der Waals surface area (Å²) >= 11 is 0. The summed E-state index contributed by atoms with van der Waals surface area (Å²) in [4.78, 5) is 2.24. The Labute approximate surface area is 108 Å². The lowest BCUT2D eigenvalue weighted by molar-refractivity contribution is 0.289. The predicted octanol–water partition coefficient (Wildman–Crippen LogP) is 0.881. The molecule has 0 aromatic heterocycles. The van der Waals surface area contributed by atoms with Crippen LogP contribution in [0.2, 0.25) is 0 Å². The quantitative estimate of drug-likeness (QED) is 0.751. The Kier molecular flexibility index (Phi) is 4.98. The molecule has 0 heterocycles. The summed E-state index contributed by atoms with van der Waals surface area (Å²) in [6.45, 7) is 3.55. The first-order valence-corrected chi connectivity index (χ1v) is 7.74. The van der Waals surface area contributed by atoms with Gasteiger partial charge < -0.3 is 15.7 Å². The van der Waals surface area contributed by atoms with Gasteiger partial charge in [0.2, 0.25) is 0 Å². The van der Waals surface area contributed by atoms with Gasteiger partial charge in [-0.25, -0.2) is 8.42 Å². The van der Waals surface area contributed by atoms with Crippen LogP contribution < -0.4 is 10.6 Å². The molecule has 6 heteroatoms. The van der Waals surface area contributed by atoms with Crippen molar-refractivity contribution in [2.75, 3.05) is 36.6 Å². The molecule has 0 spiro atoms. The number of rotatable bonds is 6. The average Bonchev–Trinajstić information content (AvgIpc) is 2.30. The monoisotopic (exact) mass is 272 g/mol. The van der Waals surface area contributed by atoms with E-state index in [1.54, 1.807) is 12.1 Å². The second-order valence-corrected chi connectivity index (χ2v) is 6.17. The van der Waals surface area contributed by atoms with E-state index in [0.717, 1.165) is 18.5 Å². The number of hydrogen-bond acceptors (Lipinski definition) is 5. The Morgan fingerprint density at radius 1 is 1.39 bits per heavy atom. The molecule has 0 unspecified atom stereocenters. The number of aliphatic hydroxyl groups excluding tert-OH is 1. The number of benzene rings is 1. The van der Waals surface area contributed by atoms with E-state index in [2.05, 4.69) is 0 Å². The lowest BCUT2D eigenvalue weighted by atomic mass is 10.2. The van der Waals surface area contributed by atoms with Gasteiger partial charge in [-0.3, -0.25) is 0 Å². The Balaban J connectivity index is 3.04. The molecule has 0 radical (unpaired) electrons. The summed E-state index contributed by atoms with van der Waals surface area (Å²) in [7, 11) is -3.23. The highest BCUT2D eigenvalue weighted by Gasteiger charge is 2.12. The average molecular weight is 272 g/mol. The van der Waals surface area contributed by atoms with Gasteiger partial charge in [0.15, 0.2) is 9.84 Å². The number of aliphatic hydroxyl groups is 1. The van der Waals surface area contributed by atoms with Gasteiger partial charge in [0.25, 0.3) is 0 Å². The first kappa shape index (κ1) is 14.8. The molecular formula is C12H20N2O3S. The molecule has 102 valence electrons. The Morgan fingerprint density at radius 3 is 2.50 bits per heavy atom. The van der Waals surface area contributed by atoms with Crippen LogP contribution in [0.3, 0.4) is 0 Å². The third-order valence-electron chi connectivity index (χ3n) is 2.74. The molecule has 1 aromatic rings. The zero-order chi connectivity index (χ0) is 13.8. The van der Waals surface area contributed by atoms with Gasteiger partial charge in [-0.1, -0.05) is 0 Å². The Bertz CT molecular complexity index is 500. The van der Waals surface area contributed by atoms with Crippen molar-refractivity contribution in [3.63, 3.8) is 0 Å². The lowest BCUT2D eigenvalue weighted by Crippen LogP contribution is -2.25. The fraction of sp³-hybridized carbons (Fsp3) is 0.500. The van der Waals surface area contributed by atoms with Crippen LogP contribution in [0.4, 0.5) is 11.4 Å². The number of nitrogens with zero attached hydrogens (tertiary/aromatic N) is 1. The highest BCUT2D eigenvalue weighted by atomic mass is 32.2. The summed E-state index contributed by atoms with van der Waals surface area (Å²) in [6.07, 6.45) is 1.81. The second-order valence-electron chi connectivity index (χ2n) is 4.15. The molecule has 0 saturated carbocycles. The molecule has 3 N–H and O–H groups in total. The Morgan fingerprint density at radius 2 is 2.06 bits per heavy atom. The van der Waals surface area contributed by atoms with E-state index < -0.39 is 9.84 Å². The van der Waals surface area contributed by atoms with Crippen molar-refractivity contribution in [2.24, 2.45) is 0 Å². The van der Waals surface area contributed by atoms with Crippen LogP contribution in [-0.4, -0.2) is 39.5 Å². The summed E-state index contributed by atoms with van der Waals surface area (Å²) in [5, 5.41) is 8.84. The molecule has 5 nitrogen and oxygen atoms in total. The van der Waals surface area contributed by atoms with Crippen LogP contribution in [0.1, 0.15) is 13.3 Å². The fourth-order valence-electron chi connectivity index (χ4n) is 1.76. The van der Waals surface area contributed by atoms with Crippen molar-refractivity contribution in [1.82, 2.24) is 0 Å². The van der Waals surface area contributed by atoms with Crippen molar-refractivity contribution in [1.29, 1.82) is 0 Å². The van der Waals surface area contributed by atoms with Crippen LogP contribution in [0.5, 0.6) is 0 Å². The maximum absolute atomic E-state index is 11.4. The minimum atomic E-state index is -3.23. The number of hydrogen-bond donors (Lipinski definition) is 2. The van der Waals surface area contributed by atoms with Gasteiger partial charge in [-0.15, -0.1) is 0 Å². The molecule has 0 aliphatic carbocycles. The minimum Gasteiger partial charge on any atom is -0.397 e. The molecule has 0 fully saturated rings. The van der Waals surface area contributed by atoms with Gasteiger partial charge in [-0.2, -0.15) is 0 Å². The summed E-state index contributed by atoms with van der Waals surface area (Å²) in [6, 6.07) is 4.75. The first-order valence-electron chi connectivity index (χ1n) is 5.85. The van der Waals surface area contributed by atoms with E-state index in [0.29, 0.717) is 18.7 Å². The normalized spacial score (nSPS) is 11.5. The van der Waals surface area contributed by atoms with E-state index in [9.17, 15) is 8.42 Å². The minimum absolute atomic E-state index is 0.123. The smallest absolute Gasteiger partial charge is 0.175 e. The number of sulfone groups is 1. The van der Waals surface area contributed by atoms with E-state index in [1.165, 1.54) is 6.07 Å². The maximum Gasteiger partial charge on any atom is 0.175 e. The van der Waals surface area contributed by atoms with E-state index in [1.807, 2.05) is 11.8 Å².